The molecule has 0 saturated carbocycles. The number of nitrogens with zero attached hydrogens (tertiary/aromatic N) is 3. The summed E-state index contributed by atoms with van der Waals surface area (Å²) in [5.41, 5.74) is 0. The summed E-state index contributed by atoms with van der Waals surface area (Å²) in [7, 11) is 1.49. The van der Waals surface area contributed by atoms with Crippen molar-refractivity contribution in [2.24, 2.45) is 4.99 Å². The van der Waals surface area contributed by atoms with Gasteiger partial charge in [-0.25, -0.2) is 0 Å². The first kappa shape index (κ1) is 21.0. The Morgan fingerprint density at radius 2 is 2.04 bits per heavy atom. The molecule has 1 saturated heterocycles. The Labute approximate surface area is 143 Å². The third-order valence-corrected chi connectivity index (χ3v) is 4.17. The van der Waals surface area contributed by atoms with Crippen molar-refractivity contribution >= 4 is 5.96 Å². The van der Waals surface area contributed by atoms with Crippen molar-refractivity contribution in [2.75, 3.05) is 52.9 Å². The van der Waals surface area contributed by atoms with Gasteiger partial charge < -0.3 is 10.6 Å². The van der Waals surface area contributed by atoms with Crippen LogP contribution < -0.4 is 10.6 Å². The van der Waals surface area contributed by atoms with Crippen LogP contribution in [0.15, 0.2) is 4.99 Å². The van der Waals surface area contributed by atoms with Crippen LogP contribution in [0.2, 0.25) is 0 Å². The molecule has 5 nitrogen and oxygen atoms in total. The van der Waals surface area contributed by atoms with Gasteiger partial charge in [0.1, 0.15) is 0 Å². The molecule has 1 fully saturated rings. The molecule has 0 aromatic rings. The van der Waals surface area contributed by atoms with Crippen LogP contribution in [-0.2, 0) is 0 Å². The second-order valence-corrected chi connectivity index (χ2v) is 6.28. The van der Waals surface area contributed by atoms with E-state index in [2.05, 4.69) is 27.4 Å². The zero-order chi connectivity index (χ0) is 18.0. The maximum absolute atomic E-state index is 12.3. The van der Waals surface area contributed by atoms with Gasteiger partial charge in [-0.1, -0.05) is 6.92 Å². The molecule has 0 bridgehead atoms. The van der Waals surface area contributed by atoms with Crippen molar-refractivity contribution in [3.05, 3.63) is 0 Å². The van der Waals surface area contributed by atoms with E-state index >= 15 is 0 Å². The monoisotopic (exact) mass is 351 g/mol. The number of aliphatic imine (C=N–C) groups is 1. The molecule has 0 aromatic heterocycles. The van der Waals surface area contributed by atoms with E-state index in [9.17, 15) is 13.2 Å². The zero-order valence-corrected chi connectivity index (χ0v) is 15.1. The molecule has 1 heterocycles. The lowest BCUT2D eigenvalue weighted by molar-refractivity contribution is -0.143. The van der Waals surface area contributed by atoms with E-state index in [0.717, 1.165) is 32.1 Å². The van der Waals surface area contributed by atoms with Gasteiger partial charge in [0, 0.05) is 19.1 Å². The predicted octanol–water partition coefficient (Wildman–Crippen LogP) is 1.91. The van der Waals surface area contributed by atoms with E-state index in [0.29, 0.717) is 25.6 Å². The molecular weight excluding hydrogens is 319 g/mol. The number of nitrogens with one attached hydrogen (secondary N) is 2. The number of likely N-dealkylation sites (tertiary alicyclic amines) is 1. The molecule has 1 unspecified atom stereocenters. The lowest BCUT2D eigenvalue weighted by Gasteiger charge is -2.22. The summed E-state index contributed by atoms with van der Waals surface area (Å²) in [6.45, 7) is 8.04. The molecule has 0 spiro atoms. The van der Waals surface area contributed by atoms with Crippen molar-refractivity contribution in [3.63, 3.8) is 0 Å². The Kier molecular flexibility index (Phi) is 9.43. The van der Waals surface area contributed by atoms with Gasteiger partial charge in [0.25, 0.3) is 0 Å². The number of hydrogen-bond donors (Lipinski definition) is 2. The minimum Gasteiger partial charge on any atom is -0.357 e. The summed E-state index contributed by atoms with van der Waals surface area (Å²) < 4.78 is 36.8. The molecule has 24 heavy (non-hydrogen) atoms. The smallest absolute Gasteiger partial charge is 0.357 e. The van der Waals surface area contributed by atoms with Crippen molar-refractivity contribution in [2.45, 2.75) is 45.3 Å². The second kappa shape index (κ2) is 10.8. The lowest BCUT2D eigenvalue weighted by Crippen LogP contribution is -2.40. The Hall–Kier alpha value is -1.02. The van der Waals surface area contributed by atoms with E-state index in [-0.39, 0.29) is 0 Å². The summed E-state index contributed by atoms with van der Waals surface area (Å²) in [5, 5.41) is 6.40. The highest BCUT2D eigenvalue weighted by atomic mass is 19.4. The largest absolute Gasteiger partial charge is 0.401 e. The first-order valence-electron chi connectivity index (χ1n) is 8.87. The van der Waals surface area contributed by atoms with Gasteiger partial charge in [0.2, 0.25) is 0 Å². The number of guanidine groups is 1. The summed E-state index contributed by atoms with van der Waals surface area (Å²) in [4.78, 5) is 8.37. The Morgan fingerprint density at radius 1 is 1.29 bits per heavy atom. The topological polar surface area (TPSA) is 42.9 Å². The minimum atomic E-state index is -4.13. The average Bonchev–Trinajstić information content (AvgIpc) is 2.94. The number of halogens is 3. The van der Waals surface area contributed by atoms with Gasteiger partial charge in [-0.05, 0) is 52.9 Å². The third kappa shape index (κ3) is 8.73. The second-order valence-electron chi connectivity index (χ2n) is 6.28. The van der Waals surface area contributed by atoms with Crippen LogP contribution in [0.4, 0.5) is 13.2 Å². The van der Waals surface area contributed by atoms with Crippen LogP contribution in [0.25, 0.3) is 0 Å². The molecule has 1 aliphatic rings. The van der Waals surface area contributed by atoms with Crippen LogP contribution in [0.5, 0.6) is 0 Å². The van der Waals surface area contributed by atoms with Gasteiger partial charge >= 0.3 is 6.18 Å². The van der Waals surface area contributed by atoms with E-state index in [4.69, 9.17) is 0 Å². The lowest BCUT2D eigenvalue weighted by atomic mass is 10.2. The molecule has 1 rings (SSSR count). The number of rotatable bonds is 9. The quantitative estimate of drug-likeness (QED) is 0.378. The third-order valence-electron chi connectivity index (χ3n) is 4.17. The molecule has 0 aliphatic carbocycles. The minimum absolute atomic E-state index is 0.401. The number of hydrogen-bond acceptors (Lipinski definition) is 3. The van der Waals surface area contributed by atoms with Gasteiger partial charge in [-0.2, -0.15) is 13.2 Å². The van der Waals surface area contributed by atoms with E-state index in [1.165, 1.54) is 24.8 Å². The fourth-order valence-electron chi connectivity index (χ4n) is 3.00. The maximum atomic E-state index is 12.3. The first-order valence-corrected chi connectivity index (χ1v) is 8.87. The van der Waals surface area contributed by atoms with E-state index in [1.807, 2.05) is 6.92 Å². The van der Waals surface area contributed by atoms with Crippen molar-refractivity contribution in [3.8, 4) is 0 Å². The normalized spacial score (nSPS) is 20.0. The van der Waals surface area contributed by atoms with Gasteiger partial charge in [-0.3, -0.25) is 14.8 Å². The molecule has 2 N–H and O–H groups in total. The zero-order valence-electron chi connectivity index (χ0n) is 15.1. The fourth-order valence-corrected chi connectivity index (χ4v) is 3.00. The summed E-state index contributed by atoms with van der Waals surface area (Å²) in [6, 6.07) is 0.503. The van der Waals surface area contributed by atoms with Gasteiger partial charge in [0.15, 0.2) is 5.96 Å². The fraction of sp³-hybridized carbons (Fsp3) is 0.938. The van der Waals surface area contributed by atoms with Crippen LogP contribution in [0.1, 0.15) is 33.1 Å². The van der Waals surface area contributed by atoms with E-state index in [1.54, 1.807) is 0 Å². The average molecular weight is 351 g/mol. The standard InChI is InChI=1S/C16H32F3N5/c1-4-20-15(22-12-14-8-6-11-24(14)5-2)21-9-7-10-23(3)13-16(17,18)19/h14H,4-13H2,1-3H3,(H2,20,21,22). The van der Waals surface area contributed by atoms with Crippen LogP contribution in [0, 0.1) is 0 Å². The highest BCUT2D eigenvalue weighted by Crippen LogP contribution is 2.16. The van der Waals surface area contributed by atoms with Crippen molar-refractivity contribution in [1.82, 2.24) is 20.4 Å². The predicted molar refractivity (Wildman–Crippen MR) is 92.4 cm³/mol. The number of alkyl halides is 3. The van der Waals surface area contributed by atoms with Crippen LogP contribution >= 0.6 is 0 Å². The van der Waals surface area contributed by atoms with Gasteiger partial charge in [-0.15, -0.1) is 0 Å². The Morgan fingerprint density at radius 3 is 2.67 bits per heavy atom. The molecule has 1 atom stereocenters. The van der Waals surface area contributed by atoms with Crippen molar-refractivity contribution < 1.29 is 13.2 Å². The molecule has 1 aliphatic heterocycles. The Balaban J connectivity index is 2.31. The van der Waals surface area contributed by atoms with Crippen LogP contribution in [0.3, 0.4) is 0 Å². The summed E-state index contributed by atoms with van der Waals surface area (Å²) >= 11 is 0. The number of likely N-dealkylation sites (N-methyl/N-ethyl adjacent to an activating group) is 1. The van der Waals surface area contributed by atoms with Gasteiger partial charge in [0.05, 0.1) is 13.1 Å². The highest BCUT2D eigenvalue weighted by Gasteiger charge is 2.28. The molecule has 142 valence electrons. The molecule has 0 aromatic carbocycles. The Bertz CT molecular complexity index is 373. The van der Waals surface area contributed by atoms with Crippen LogP contribution in [-0.4, -0.2) is 80.8 Å². The molecular formula is C16H32F3N5. The first-order chi connectivity index (χ1) is 11.4. The molecule has 8 heteroatoms. The van der Waals surface area contributed by atoms with E-state index < -0.39 is 12.7 Å². The highest BCUT2D eigenvalue weighted by molar-refractivity contribution is 5.79. The maximum Gasteiger partial charge on any atom is 0.401 e. The SMILES string of the molecule is CCNC(=NCC1CCCN1CC)NCCCN(C)CC(F)(F)F. The molecule has 0 amide bonds. The summed E-state index contributed by atoms with van der Waals surface area (Å²) in [6.07, 6.45) is -1.09. The molecule has 0 radical (unpaired) electrons. The van der Waals surface area contributed by atoms with Crippen molar-refractivity contribution in [1.29, 1.82) is 0 Å². The summed E-state index contributed by atoms with van der Waals surface area (Å²) in [5.74, 6) is 0.749.